The number of ether oxygens (including phenoxy) is 2. The second-order valence-electron chi connectivity index (χ2n) is 5.17. The Kier molecular flexibility index (Phi) is 3.00. The van der Waals surface area contributed by atoms with Crippen LogP contribution in [-0.2, 0) is 16.1 Å². The molecule has 1 fully saturated rings. The van der Waals surface area contributed by atoms with Gasteiger partial charge >= 0.3 is 5.97 Å². The van der Waals surface area contributed by atoms with Crippen LogP contribution >= 0.6 is 0 Å². The lowest BCUT2D eigenvalue weighted by Crippen LogP contribution is -2.28. The van der Waals surface area contributed by atoms with E-state index >= 15 is 0 Å². The van der Waals surface area contributed by atoms with E-state index in [1.165, 1.54) is 0 Å². The number of carboxylic acids is 1. The molecule has 1 aliphatic heterocycles. The summed E-state index contributed by atoms with van der Waals surface area (Å²) in [4.78, 5) is 24.4. The third kappa shape index (κ3) is 2.29. The number of carbonyl (C=O) groups excluding carboxylic acids is 1. The first-order chi connectivity index (χ1) is 9.56. The molecule has 1 saturated carbocycles. The Labute approximate surface area is 115 Å². The zero-order valence-corrected chi connectivity index (χ0v) is 11.0. The van der Waals surface area contributed by atoms with Crippen LogP contribution in [-0.4, -0.2) is 35.7 Å². The van der Waals surface area contributed by atoms with E-state index in [0.717, 1.165) is 5.56 Å². The fourth-order valence-corrected chi connectivity index (χ4v) is 2.42. The minimum atomic E-state index is -0.889. The van der Waals surface area contributed by atoms with Gasteiger partial charge in [0.15, 0.2) is 11.5 Å². The maximum absolute atomic E-state index is 12.1. The second kappa shape index (κ2) is 4.70. The number of carbonyl (C=O) groups is 2. The summed E-state index contributed by atoms with van der Waals surface area (Å²) in [6, 6.07) is 5.53. The van der Waals surface area contributed by atoms with Crippen LogP contribution in [0, 0.1) is 11.8 Å². The summed E-state index contributed by atoms with van der Waals surface area (Å²) < 4.78 is 10.5. The van der Waals surface area contributed by atoms with Crippen LogP contribution in [0.3, 0.4) is 0 Å². The first-order valence-electron chi connectivity index (χ1n) is 6.42. The molecular formula is C14H15NO5. The minimum absolute atomic E-state index is 0.116. The molecule has 1 N–H and O–H groups in total. The van der Waals surface area contributed by atoms with E-state index in [1.807, 2.05) is 18.2 Å². The van der Waals surface area contributed by atoms with Gasteiger partial charge in [0.1, 0.15) is 0 Å². The van der Waals surface area contributed by atoms with Crippen LogP contribution in [0.5, 0.6) is 11.5 Å². The molecule has 6 heteroatoms. The van der Waals surface area contributed by atoms with Gasteiger partial charge < -0.3 is 19.5 Å². The predicted octanol–water partition coefficient (Wildman–Crippen LogP) is 1.09. The number of fused-ring (bicyclic) bond motifs is 1. The lowest BCUT2D eigenvalue weighted by Gasteiger charge is -2.17. The third-order valence-corrected chi connectivity index (χ3v) is 3.66. The van der Waals surface area contributed by atoms with Crippen LogP contribution < -0.4 is 9.47 Å². The van der Waals surface area contributed by atoms with Gasteiger partial charge in [-0.1, -0.05) is 6.07 Å². The summed E-state index contributed by atoms with van der Waals surface area (Å²) in [7, 11) is 1.68. The van der Waals surface area contributed by atoms with Crippen LogP contribution in [0.1, 0.15) is 12.0 Å². The SMILES string of the molecule is CN(Cc1ccc2c(c1)OCO2)C(=O)C1CC1C(=O)O. The van der Waals surface area contributed by atoms with Crippen molar-refractivity contribution in [2.24, 2.45) is 11.8 Å². The van der Waals surface area contributed by atoms with Crippen LogP contribution in [0.15, 0.2) is 18.2 Å². The zero-order valence-electron chi connectivity index (χ0n) is 11.0. The summed E-state index contributed by atoms with van der Waals surface area (Å²) in [6.07, 6.45) is 0.444. The van der Waals surface area contributed by atoms with E-state index in [-0.39, 0.29) is 18.6 Å². The van der Waals surface area contributed by atoms with Crippen molar-refractivity contribution in [1.29, 1.82) is 0 Å². The topological polar surface area (TPSA) is 76.1 Å². The molecular weight excluding hydrogens is 262 g/mol. The van der Waals surface area contributed by atoms with E-state index in [0.29, 0.717) is 24.5 Å². The van der Waals surface area contributed by atoms with E-state index in [4.69, 9.17) is 14.6 Å². The van der Waals surface area contributed by atoms with E-state index in [2.05, 4.69) is 0 Å². The van der Waals surface area contributed by atoms with Gasteiger partial charge in [0.2, 0.25) is 12.7 Å². The molecule has 0 bridgehead atoms. The number of hydrogen-bond donors (Lipinski definition) is 1. The molecule has 1 aromatic carbocycles. The Hall–Kier alpha value is -2.24. The van der Waals surface area contributed by atoms with Gasteiger partial charge in [-0.2, -0.15) is 0 Å². The predicted molar refractivity (Wildman–Crippen MR) is 68.3 cm³/mol. The van der Waals surface area contributed by atoms with Gasteiger partial charge in [0, 0.05) is 13.6 Å². The number of amides is 1. The molecule has 1 aromatic rings. The average Bonchev–Trinajstić information content (AvgIpc) is 3.09. The molecule has 0 radical (unpaired) electrons. The molecule has 2 unspecified atom stereocenters. The Morgan fingerprint density at radius 3 is 2.75 bits per heavy atom. The summed E-state index contributed by atoms with van der Waals surface area (Å²) >= 11 is 0. The average molecular weight is 277 g/mol. The Morgan fingerprint density at radius 2 is 2.05 bits per heavy atom. The van der Waals surface area contributed by atoms with Crippen molar-refractivity contribution in [3.63, 3.8) is 0 Å². The van der Waals surface area contributed by atoms with Gasteiger partial charge in [-0.05, 0) is 24.1 Å². The standard InChI is InChI=1S/C14H15NO5/c1-15(13(16)9-5-10(9)14(17)18)6-8-2-3-11-12(4-8)20-7-19-11/h2-4,9-10H,5-7H2,1H3,(H,17,18). The van der Waals surface area contributed by atoms with Gasteiger partial charge in [-0.15, -0.1) is 0 Å². The smallest absolute Gasteiger partial charge is 0.307 e. The van der Waals surface area contributed by atoms with Crippen LogP contribution in [0.4, 0.5) is 0 Å². The Morgan fingerprint density at radius 1 is 1.30 bits per heavy atom. The number of aliphatic carboxylic acids is 1. The lowest BCUT2D eigenvalue weighted by molar-refractivity contribution is -0.141. The van der Waals surface area contributed by atoms with E-state index in [1.54, 1.807) is 11.9 Å². The van der Waals surface area contributed by atoms with Crippen molar-refractivity contribution >= 4 is 11.9 Å². The van der Waals surface area contributed by atoms with Crippen LogP contribution in [0.2, 0.25) is 0 Å². The zero-order chi connectivity index (χ0) is 14.3. The highest BCUT2D eigenvalue weighted by Crippen LogP contribution is 2.40. The van der Waals surface area contributed by atoms with Crippen LogP contribution in [0.25, 0.3) is 0 Å². The van der Waals surface area contributed by atoms with Crippen molar-refractivity contribution in [2.75, 3.05) is 13.8 Å². The highest BCUT2D eigenvalue weighted by Gasteiger charge is 2.49. The molecule has 2 aliphatic rings. The highest BCUT2D eigenvalue weighted by atomic mass is 16.7. The van der Waals surface area contributed by atoms with Crippen molar-refractivity contribution in [3.05, 3.63) is 23.8 Å². The fraction of sp³-hybridized carbons (Fsp3) is 0.429. The monoisotopic (exact) mass is 277 g/mol. The summed E-state index contributed by atoms with van der Waals surface area (Å²) in [6.45, 7) is 0.647. The lowest BCUT2D eigenvalue weighted by atomic mass is 10.2. The van der Waals surface area contributed by atoms with Crippen molar-refractivity contribution in [2.45, 2.75) is 13.0 Å². The van der Waals surface area contributed by atoms with Crippen molar-refractivity contribution < 1.29 is 24.2 Å². The summed E-state index contributed by atoms with van der Waals surface area (Å²) in [5.74, 6) is -0.503. The maximum atomic E-state index is 12.1. The Bertz CT molecular complexity index is 571. The molecule has 20 heavy (non-hydrogen) atoms. The normalized spacial score (nSPS) is 22.4. The number of carboxylic acid groups (broad SMARTS) is 1. The first kappa shape index (κ1) is 12.8. The molecule has 106 valence electrons. The molecule has 1 heterocycles. The molecule has 2 atom stereocenters. The minimum Gasteiger partial charge on any atom is -0.481 e. The fourth-order valence-electron chi connectivity index (χ4n) is 2.42. The van der Waals surface area contributed by atoms with Gasteiger partial charge in [-0.3, -0.25) is 9.59 Å². The molecule has 1 amide bonds. The molecule has 0 spiro atoms. The largest absolute Gasteiger partial charge is 0.481 e. The van der Waals surface area contributed by atoms with E-state index in [9.17, 15) is 9.59 Å². The maximum Gasteiger partial charge on any atom is 0.307 e. The molecule has 0 saturated heterocycles. The van der Waals surface area contributed by atoms with Crippen molar-refractivity contribution in [3.8, 4) is 11.5 Å². The number of benzene rings is 1. The molecule has 6 nitrogen and oxygen atoms in total. The van der Waals surface area contributed by atoms with Gasteiger partial charge in [-0.25, -0.2) is 0 Å². The molecule has 3 rings (SSSR count). The highest BCUT2D eigenvalue weighted by molar-refractivity contribution is 5.89. The van der Waals surface area contributed by atoms with Gasteiger partial charge in [0.25, 0.3) is 0 Å². The van der Waals surface area contributed by atoms with Crippen molar-refractivity contribution in [1.82, 2.24) is 4.90 Å². The number of nitrogens with zero attached hydrogens (tertiary/aromatic N) is 1. The quantitative estimate of drug-likeness (QED) is 0.891. The number of rotatable bonds is 4. The molecule has 0 aromatic heterocycles. The first-order valence-corrected chi connectivity index (χ1v) is 6.42. The van der Waals surface area contributed by atoms with E-state index < -0.39 is 11.9 Å². The number of hydrogen-bond acceptors (Lipinski definition) is 4. The summed E-state index contributed by atoms with van der Waals surface area (Å²) in [5, 5.41) is 8.85. The second-order valence-corrected chi connectivity index (χ2v) is 5.17. The third-order valence-electron chi connectivity index (χ3n) is 3.66. The van der Waals surface area contributed by atoms with Gasteiger partial charge in [0.05, 0.1) is 11.8 Å². The molecule has 1 aliphatic carbocycles. The summed E-state index contributed by atoms with van der Waals surface area (Å²) in [5.41, 5.74) is 0.928. The Balaban J connectivity index is 1.63.